The summed E-state index contributed by atoms with van der Waals surface area (Å²) < 4.78 is 9.66. The summed E-state index contributed by atoms with van der Waals surface area (Å²) in [7, 11) is 2.72. The van der Waals surface area contributed by atoms with E-state index in [0.29, 0.717) is 18.8 Å². The Morgan fingerprint density at radius 2 is 1.55 bits per heavy atom. The van der Waals surface area contributed by atoms with Gasteiger partial charge in [-0.3, -0.25) is 9.59 Å². The van der Waals surface area contributed by atoms with E-state index in [0.717, 1.165) is 6.42 Å². The molecule has 0 spiro atoms. The summed E-state index contributed by atoms with van der Waals surface area (Å²) in [6, 6.07) is 10.1. The van der Waals surface area contributed by atoms with Gasteiger partial charge in [0.05, 0.1) is 26.1 Å². The molecule has 0 bridgehead atoms. The summed E-state index contributed by atoms with van der Waals surface area (Å²) in [5.74, 6) is -1.13. The minimum Gasteiger partial charge on any atom is -0.469 e. The van der Waals surface area contributed by atoms with Gasteiger partial charge in [0.25, 0.3) is 0 Å². The molecule has 0 N–H and O–H groups in total. The zero-order valence-electron chi connectivity index (χ0n) is 11.9. The van der Waals surface area contributed by atoms with Gasteiger partial charge < -0.3 is 9.47 Å². The summed E-state index contributed by atoms with van der Waals surface area (Å²) >= 11 is 0. The maximum atomic E-state index is 11.9. The summed E-state index contributed by atoms with van der Waals surface area (Å²) in [6.45, 7) is 0. The fourth-order valence-electron chi connectivity index (χ4n) is 3.04. The molecule has 4 heteroatoms. The van der Waals surface area contributed by atoms with Crippen molar-refractivity contribution >= 4 is 11.9 Å². The van der Waals surface area contributed by atoms with Crippen molar-refractivity contribution in [2.24, 2.45) is 11.8 Å². The van der Waals surface area contributed by atoms with Crippen LogP contribution in [0.5, 0.6) is 0 Å². The van der Waals surface area contributed by atoms with Crippen molar-refractivity contribution in [2.75, 3.05) is 14.2 Å². The molecule has 1 aromatic rings. The van der Waals surface area contributed by atoms with Crippen LogP contribution in [0.1, 0.15) is 30.7 Å². The molecule has 3 atom stereocenters. The molecule has 0 heterocycles. The molecule has 1 aliphatic rings. The molecule has 2 rings (SSSR count). The number of esters is 2. The number of rotatable bonds is 3. The number of hydrogen-bond acceptors (Lipinski definition) is 4. The average Bonchev–Trinajstić information content (AvgIpc) is 2.53. The van der Waals surface area contributed by atoms with E-state index in [9.17, 15) is 9.59 Å². The van der Waals surface area contributed by atoms with Crippen LogP contribution in [-0.4, -0.2) is 26.2 Å². The Kier molecular flexibility index (Phi) is 4.77. The van der Waals surface area contributed by atoms with E-state index in [4.69, 9.17) is 9.47 Å². The molecule has 1 saturated carbocycles. The normalized spacial score (nSPS) is 25.8. The lowest BCUT2D eigenvalue weighted by atomic mass is 9.72. The SMILES string of the molecule is COC(=O)C1CCC(c2ccccc2)CC1C(=O)OC. The predicted octanol–water partition coefficient (Wildman–Crippen LogP) is 2.53. The van der Waals surface area contributed by atoms with Crippen LogP contribution in [0, 0.1) is 11.8 Å². The highest BCUT2D eigenvalue weighted by Gasteiger charge is 2.40. The zero-order chi connectivity index (χ0) is 14.5. The van der Waals surface area contributed by atoms with Gasteiger partial charge in [0.1, 0.15) is 0 Å². The quantitative estimate of drug-likeness (QED) is 0.796. The molecule has 0 amide bonds. The number of benzene rings is 1. The number of carbonyl (C=O) groups is 2. The van der Waals surface area contributed by atoms with Gasteiger partial charge in [-0.1, -0.05) is 30.3 Å². The first kappa shape index (κ1) is 14.6. The minimum absolute atomic E-state index is 0.293. The van der Waals surface area contributed by atoms with Crippen molar-refractivity contribution in [3.05, 3.63) is 35.9 Å². The van der Waals surface area contributed by atoms with Crippen molar-refractivity contribution in [1.82, 2.24) is 0 Å². The van der Waals surface area contributed by atoms with Gasteiger partial charge in [0, 0.05) is 0 Å². The Balaban J connectivity index is 2.17. The van der Waals surface area contributed by atoms with E-state index in [1.54, 1.807) is 0 Å². The Bertz CT molecular complexity index is 469. The van der Waals surface area contributed by atoms with Gasteiger partial charge in [0.2, 0.25) is 0 Å². The van der Waals surface area contributed by atoms with Crippen LogP contribution in [-0.2, 0) is 19.1 Å². The second kappa shape index (κ2) is 6.55. The van der Waals surface area contributed by atoms with Crippen molar-refractivity contribution in [2.45, 2.75) is 25.2 Å². The highest BCUT2D eigenvalue weighted by Crippen LogP contribution is 2.40. The van der Waals surface area contributed by atoms with E-state index >= 15 is 0 Å². The molecule has 0 aliphatic heterocycles. The number of carbonyl (C=O) groups excluding carboxylic acids is 2. The minimum atomic E-state index is -0.411. The Hall–Kier alpha value is -1.84. The van der Waals surface area contributed by atoms with Crippen LogP contribution >= 0.6 is 0 Å². The van der Waals surface area contributed by atoms with E-state index in [1.807, 2.05) is 18.2 Å². The van der Waals surface area contributed by atoms with Gasteiger partial charge >= 0.3 is 11.9 Å². The standard InChI is InChI=1S/C16H20O4/c1-19-15(17)13-9-8-12(10-14(13)16(18)20-2)11-6-4-3-5-7-11/h3-7,12-14H,8-10H2,1-2H3. The van der Waals surface area contributed by atoms with E-state index in [1.165, 1.54) is 19.8 Å². The summed E-state index contributed by atoms with van der Waals surface area (Å²) in [5.41, 5.74) is 1.21. The Labute approximate surface area is 119 Å². The first-order valence-corrected chi connectivity index (χ1v) is 6.88. The summed E-state index contributed by atoms with van der Waals surface area (Å²) in [5, 5.41) is 0. The number of hydrogen-bond donors (Lipinski definition) is 0. The summed E-state index contributed by atoms with van der Waals surface area (Å²) in [4.78, 5) is 23.8. The van der Waals surface area contributed by atoms with Gasteiger partial charge in [-0.2, -0.15) is 0 Å². The van der Waals surface area contributed by atoms with E-state index in [-0.39, 0.29) is 17.9 Å². The molecule has 108 valence electrons. The second-order valence-electron chi connectivity index (χ2n) is 5.18. The number of methoxy groups -OCH3 is 2. The topological polar surface area (TPSA) is 52.6 Å². The lowest BCUT2D eigenvalue weighted by molar-refractivity contribution is -0.159. The molecular formula is C16H20O4. The monoisotopic (exact) mass is 276 g/mol. The number of ether oxygens (including phenoxy) is 2. The van der Waals surface area contributed by atoms with Crippen LogP contribution in [0.4, 0.5) is 0 Å². The summed E-state index contributed by atoms with van der Waals surface area (Å²) in [6.07, 6.45) is 2.18. The lowest BCUT2D eigenvalue weighted by Gasteiger charge is -2.33. The van der Waals surface area contributed by atoms with E-state index in [2.05, 4.69) is 12.1 Å². The fraction of sp³-hybridized carbons (Fsp3) is 0.500. The fourth-order valence-corrected chi connectivity index (χ4v) is 3.04. The van der Waals surface area contributed by atoms with Gasteiger partial charge in [-0.05, 0) is 30.7 Å². The molecule has 0 radical (unpaired) electrons. The largest absolute Gasteiger partial charge is 0.469 e. The predicted molar refractivity (Wildman–Crippen MR) is 74.0 cm³/mol. The van der Waals surface area contributed by atoms with Crippen molar-refractivity contribution in [1.29, 1.82) is 0 Å². The smallest absolute Gasteiger partial charge is 0.309 e. The molecule has 0 saturated heterocycles. The first-order valence-electron chi connectivity index (χ1n) is 6.88. The molecule has 1 fully saturated rings. The molecule has 3 unspecified atom stereocenters. The van der Waals surface area contributed by atoms with Gasteiger partial charge in [-0.25, -0.2) is 0 Å². The van der Waals surface area contributed by atoms with Crippen molar-refractivity contribution in [3.8, 4) is 0 Å². The van der Waals surface area contributed by atoms with E-state index < -0.39 is 5.92 Å². The van der Waals surface area contributed by atoms with Crippen molar-refractivity contribution < 1.29 is 19.1 Å². The molecule has 20 heavy (non-hydrogen) atoms. The zero-order valence-corrected chi connectivity index (χ0v) is 11.9. The van der Waals surface area contributed by atoms with Crippen LogP contribution in [0.2, 0.25) is 0 Å². The Morgan fingerprint density at radius 1 is 0.950 bits per heavy atom. The van der Waals surface area contributed by atoms with Gasteiger partial charge in [-0.15, -0.1) is 0 Å². The highest BCUT2D eigenvalue weighted by atomic mass is 16.5. The molecular weight excluding hydrogens is 256 g/mol. The Morgan fingerprint density at radius 3 is 2.15 bits per heavy atom. The lowest BCUT2D eigenvalue weighted by Crippen LogP contribution is -2.36. The van der Waals surface area contributed by atoms with Crippen molar-refractivity contribution in [3.63, 3.8) is 0 Å². The maximum absolute atomic E-state index is 11.9. The van der Waals surface area contributed by atoms with Crippen LogP contribution < -0.4 is 0 Å². The van der Waals surface area contributed by atoms with Crippen LogP contribution in [0.25, 0.3) is 0 Å². The van der Waals surface area contributed by atoms with Crippen LogP contribution in [0.3, 0.4) is 0 Å². The third-order valence-corrected chi connectivity index (χ3v) is 4.13. The molecule has 0 aromatic heterocycles. The third-order valence-electron chi connectivity index (χ3n) is 4.13. The van der Waals surface area contributed by atoms with Gasteiger partial charge in [0.15, 0.2) is 0 Å². The maximum Gasteiger partial charge on any atom is 0.309 e. The second-order valence-corrected chi connectivity index (χ2v) is 5.18. The molecule has 1 aliphatic carbocycles. The molecule has 4 nitrogen and oxygen atoms in total. The highest BCUT2D eigenvalue weighted by molar-refractivity contribution is 5.82. The van der Waals surface area contributed by atoms with Crippen LogP contribution in [0.15, 0.2) is 30.3 Å². The average molecular weight is 276 g/mol. The first-order chi connectivity index (χ1) is 9.67. The molecule has 1 aromatic carbocycles. The third kappa shape index (κ3) is 3.00.